The lowest BCUT2D eigenvalue weighted by Crippen LogP contribution is -2.13. The Morgan fingerprint density at radius 2 is 2.21 bits per heavy atom. The highest BCUT2D eigenvalue weighted by Crippen LogP contribution is 2.28. The van der Waals surface area contributed by atoms with Crippen LogP contribution in [0.3, 0.4) is 0 Å². The van der Waals surface area contributed by atoms with Crippen LogP contribution in [0.15, 0.2) is 29.3 Å². The highest BCUT2D eigenvalue weighted by molar-refractivity contribution is 6.31. The van der Waals surface area contributed by atoms with E-state index in [0.29, 0.717) is 0 Å². The quantitative estimate of drug-likeness (QED) is 0.784. The Morgan fingerprint density at radius 3 is 2.89 bits per heavy atom. The molecule has 0 saturated carbocycles. The molecule has 8 heteroatoms. The first kappa shape index (κ1) is 12.9. The number of aromatic amines is 1. The highest BCUT2D eigenvalue weighted by atomic mass is 35.5. The number of nitrogens with two attached hydrogens (primary N) is 1. The average molecular weight is 282 g/mol. The molecular formula is C11H8ClN3O4. The molecule has 0 fully saturated rings. The number of anilines is 1. The molecule has 0 bridgehead atoms. The number of aromatic carboxylic acids is 1. The number of carbonyl (C=O) groups is 1. The molecule has 1 aromatic carbocycles. The number of ether oxygens (including phenoxy) is 1. The first-order chi connectivity index (χ1) is 8.99. The number of carboxylic acid groups (broad SMARTS) is 1. The van der Waals surface area contributed by atoms with Gasteiger partial charge in [0.15, 0.2) is 5.69 Å². The minimum Gasteiger partial charge on any atom is -0.478 e. The van der Waals surface area contributed by atoms with Crippen LogP contribution in [0.2, 0.25) is 5.02 Å². The van der Waals surface area contributed by atoms with E-state index in [2.05, 4.69) is 9.97 Å². The summed E-state index contributed by atoms with van der Waals surface area (Å²) in [5.74, 6) is -1.41. The van der Waals surface area contributed by atoms with Crippen LogP contribution in [-0.2, 0) is 0 Å². The summed E-state index contributed by atoms with van der Waals surface area (Å²) in [6.07, 6.45) is 1.10. The lowest BCUT2D eigenvalue weighted by atomic mass is 10.2. The predicted molar refractivity (Wildman–Crippen MR) is 67.8 cm³/mol. The van der Waals surface area contributed by atoms with Crippen molar-refractivity contribution in [2.45, 2.75) is 0 Å². The summed E-state index contributed by atoms with van der Waals surface area (Å²) in [7, 11) is 0. The molecule has 0 unspecified atom stereocenters. The molecule has 0 atom stereocenters. The maximum atomic E-state index is 11.3. The maximum Gasteiger partial charge on any atom is 0.339 e. The molecule has 0 spiro atoms. The van der Waals surface area contributed by atoms with E-state index in [1.165, 1.54) is 18.2 Å². The Bertz CT molecular complexity index is 699. The summed E-state index contributed by atoms with van der Waals surface area (Å²) >= 11 is 5.71. The first-order valence-electron chi connectivity index (χ1n) is 5.03. The Balaban J connectivity index is 2.46. The van der Waals surface area contributed by atoms with Crippen LogP contribution in [0.4, 0.5) is 5.69 Å². The minimum atomic E-state index is -1.22. The second-order valence-corrected chi connectivity index (χ2v) is 3.93. The summed E-state index contributed by atoms with van der Waals surface area (Å²) < 4.78 is 5.24. The zero-order valence-corrected chi connectivity index (χ0v) is 10.1. The van der Waals surface area contributed by atoms with Crippen molar-refractivity contribution in [3.63, 3.8) is 0 Å². The smallest absolute Gasteiger partial charge is 0.339 e. The first-order valence-corrected chi connectivity index (χ1v) is 5.40. The molecular weight excluding hydrogens is 274 g/mol. The molecule has 98 valence electrons. The van der Waals surface area contributed by atoms with E-state index in [4.69, 9.17) is 27.2 Å². The summed E-state index contributed by atoms with van der Waals surface area (Å²) in [6, 6.07) is 4.03. The van der Waals surface area contributed by atoms with Crippen LogP contribution >= 0.6 is 11.6 Å². The number of nitrogen functional groups attached to an aromatic ring is 1. The zero-order valence-electron chi connectivity index (χ0n) is 9.38. The van der Waals surface area contributed by atoms with Gasteiger partial charge in [-0.15, -0.1) is 0 Å². The average Bonchev–Trinajstić information content (AvgIpc) is 2.36. The number of hydrogen-bond donors (Lipinski definition) is 3. The summed E-state index contributed by atoms with van der Waals surface area (Å²) in [4.78, 5) is 28.3. The van der Waals surface area contributed by atoms with Gasteiger partial charge in [-0.3, -0.25) is 4.79 Å². The molecule has 19 heavy (non-hydrogen) atoms. The number of rotatable bonds is 3. The second kappa shape index (κ2) is 4.99. The number of nitrogens with zero attached hydrogens (tertiary/aromatic N) is 1. The van der Waals surface area contributed by atoms with Crippen LogP contribution in [0.25, 0.3) is 0 Å². The van der Waals surface area contributed by atoms with Gasteiger partial charge in [0.05, 0.1) is 6.33 Å². The fourth-order valence-corrected chi connectivity index (χ4v) is 1.51. The topological polar surface area (TPSA) is 118 Å². The fourth-order valence-electron chi connectivity index (χ4n) is 1.34. The van der Waals surface area contributed by atoms with Crippen LogP contribution in [-0.4, -0.2) is 21.0 Å². The van der Waals surface area contributed by atoms with Crippen molar-refractivity contribution in [1.29, 1.82) is 0 Å². The van der Waals surface area contributed by atoms with Crippen molar-refractivity contribution in [1.82, 2.24) is 9.97 Å². The van der Waals surface area contributed by atoms with Gasteiger partial charge in [-0.25, -0.2) is 9.78 Å². The van der Waals surface area contributed by atoms with Gasteiger partial charge < -0.3 is 20.6 Å². The number of hydrogen-bond acceptors (Lipinski definition) is 5. The number of halogens is 1. The SMILES string of the molecule is Nc1c(Oc2ccc(Cl)cc2C(=O)O)nc[nH]c1=O. The molecule has 4 N–H and O–H groups in total. The van der Waals surface area contributed by atoms with Crippen LogP contribution in [0.5, 0.6) is 11.6 Å². The van der Waals surface area contributed by atoms with E-state index in [0.717, 1.165) is 6.33 Å². The monoisotopic (exact) mass is 281 g/mol. The lowest BCUT2D eigenvalue weighted by molar-refractivity contribution is 0.0694. The minimum absolute atomic E-state index is 0.0123. The van der Waals surface area contributed by atoms with E-state index < -0.39 is 11.5 Å². The van der Waals surface area contributed by atoms with E-state index in [-0.39, 0.29) is 27.9 Å². The highest BCUT2D eigenvalue weighted by Gasteiger charge is 2.15. The molecule has 1 aromatic heterocycles. The predicted octanol–water partition coefficient (Wildman–Crippen LogP) is 1.50. The number of benzene rings is 1. The normalized spacial score (nSPS) is 10.2. The number of carboxylic acids is 1. The van der Waals surface area contributed by atoms with Gasteiger partial charge in [-0.1, -0.05) is 11.6 Å². The van der Waals surface area contributed by atoms with Gasteiger partial charge in [0.1, 0.15) is 11.3 Å². The maximum absolute atomic E-state index is 11.3. The lowest BCUT2D eigenvalue weighted by Gasteiger charge is -2.09. The fraction of sp³-hybridized carbons (Fsp3) is 0. The molecule has 2 aromatic rings. The van der Waals surface area contributed by atoms with Crippen LogP contribution in [0, 0.1) is 0 Å². The van der Waals surface area contributed by atoms with Crippen LogP contribution in [0.1, 0.15) is 10.4 Å². The van der Waals surface area contributed by atoms with Gasteiger partial charge >= 0.3 is 5.97 Å². The molecule has 0 radical (unpaired) electrons. The summed E-state index contributed by atoms with van der Waals surface area (Å²) in [5.41, 5.74) is 4.51. The van der Waals surface area contributed by atoms with Gasteiger partial charge in [0, 0.05) is 5.02 Å². The summed E-state index contributed by atoms with van der Waals surface area (Å²) in [6.45, 7) is 0. The third kappa shape index (κ3) is 2.66. The Kier molecular flexibility index (Phi) is 3.39. The molecule has 2 rings (SSSR count). The molecule has 0 aliphatic rings. The largest absolute Gasteiger partial charge is 0.478 e. The molecule has 0 amide bonds. The van der Waals surface area contributed by atoms with Gasteiger partial charge in [0.25, 0.3) is 5.56 Å². The second-order valence-electron chi connectivity index (χ2n) is 3.50. The Hall–Kier alpha value is -2.54. The van der Waals surface area contributed by atoms with Crippen molar-refractivity contribution in [2.75, 3.05) is 5.73 Å². The van der Waals surface area contributed by atoms with Gasteiger partial charge in [0.2, 0.25) is 5.88 Å². The van der Waals surface area contributed by atoms with Crippen molar-refractivity contribution < 1.29 is 14.6 Å². The number of nitrogens with one attached hydrogen (secondary N) is 1. The summed E-state index contributed by atoms with van der Waals surface area (Å²) in [5, 5.41) is 9.28. The van der Waals surface area contributed by atoms with Crippen molar-refractivity contribution >= 4 is 23.3 Å². The molecule has 0 aliphatic carbocycles. The molecule has 1 heterocycles. The van der Waals surface area contributed by atoms with E-state index >= 15 is 0 Å². The van der Waals surface area contributed by atoms with Crippen molar-refractivity contribution in [2.24, 2.45) is 0 Å². The van der Waals surface area contributed by atoms with E-state index in [1.54, 1.807) is 0 Å². The van der Waals surface area contributed by atoms with Crippen molar-refractivity contribution in [3.8, 4) is 11.6 Å². The Morgan fingerprint density at radius 1 is 1.47 bits per heavy atom. The third-order valence-electron chi connectivity index (χ3n) is 2.23. The van der Waals surface area contributed by atoms with Gasteiger partial charge in [-0.05, 0) is 18.2 Å². The van der Waals surface area contributed by atoms with E-state index in [9.17, 15) is 9.59 Å². The van der Waals surface area contributed by atoms with E-state index in [1.807, 2.05) is 0 Å². The third-order valence-corrected chi connectivity index (χ3v) is 2.47. The van der Waals surface area contributed by atoms with Crippen molar-refractivity contribution in [3.05, 3.63) is 45.5 Å². The standard InChI is InChI=1S/C11H8ClN3O4/c12-5-1-2-7(6(3-5)11(17)18)19-10-8(13)9(16)14-4-15-10/h1-4H,13H2,(H,17,18)(H,14,15,16). The molecule has 0 aliphatic heterocycles. The Labute approximate surface area is 111 Å². The van der Waals surface area contributed by atoms with Gasteiger partial charge in [-0.2, -0.15) is 0 Å². The molecule has 7 nitrogen and oxygen atoms in total. The number of H-pyrrole nitrogens is 1. The van der Waals surface area contributed by atoms with Crippen LogP contribution < -0.4 is 16.0 Å². The molecule has 0 saturated heterocycles. The zero-order chi connectivity index (χ0) is 14.0. The number of aromatic nitrogens is 2.